The van der Waals surface area contributed by atoms with Gasteiger partial charge in [-0.1, -0.05) is 25.0 Å². The number of aromatic amines is 2. The van der Waals surface area contributed by atoms with Crippen molar-refractivity contribution >= 4 is 64.8 Å². The average Bonchev–Trinajstić information content (AvgIpc) is 1.49. The first-order valence-electron chi connectivity index (χ1n) is 33.4. The number of unbranched alkanes of at least 4 members (excludes halogenated alkanes) is 3. The molecule has 2 aliphatic carbocycles. The highest BCUT2D eigenvalue weighted by atomic mass is 31.2. The fraction of sp³-hybridized carbons (Fsp3) is 0.446. The van der Waals surface area contributed by atoms with Crippen LogP contribution in [-0.4, -0.2) is 197 Å². The number of hydrogen-bond donors (Lipinski definition) is 12. The summed E-state index contributed by atoms with van der Waals surface area (Å²) in [6, 6.07) is 10.3. The number of allylic oxidation sites excluding steroid dienone is 5. The molecule has 107 heavy (non-hydrogen) atoms. The number of carbonyl (C=O) groups excluding carboxylic acids is 3. The molecule has 6 heterocycles. The summed E-state index contributed by atoms with van der Waals surface area (Å²) in [5.41, 5.74) is 4.50. The third kappa shape index (κ3) is 21.7. The second-order valence-electron chi connectivity index (χ2n) is 24.9. The Morgan fingerprint density at radius 3 is 2.10 bits per heavy atom. The van der Waals surface area contributed by atoms with E-state index in [0.29, 0.717) is 60.0 Å². The lowest BCUT2D eigenvalue weighted by Gasteiger charge is -2.27. The molecular formula is C65H78N9O30P3. The van der Waals surface area contributed by atoms with Crippen LogP contribution in [-0.2, 0) is 76.0 Å². The van der Waals surface area contributed by atoms with Gasteiger partial charge in [0, 0.05) is 68.1 Å². The van der Waals surface area contributed by atoms with Gasteiger partial charge in [-0.2, -0.15) is 18.9 Å². The molecule has 578 valence electrons. The molecule has 3 aliphatic heterocycles. The van der Waals surface area contributed by atoms with E-state index >= 15 is 0 Å². The number of phosphoric ester groups is 3. The molecule has 6 unspecified atom stereocenters. The predicted molar refractivity (Wildman–Crippen MR) is 369 cm³/mol. The molecule has 10 rings (SSSR count). The van der Waals surface area contributed by atoms with Crippen LogP contribution in [0, 0.1) is 6.92 Å². The van der Waals surface area contributed by atoms with Crippen LogP contribution >= 0.6 is 23.8 Å². The van der Waals surface area contributed by atoms with Crippen LogP contribution in [0.25, 0.3) is 11.6 Å². The van der Waals surface area contributed by atoms with E-state index in [1.54, 1.807) is 18.2 Å². The van der Waals surface area contributed by atoms with Gasteiger partial charge in [0.1, 0.15) is 67.4 Å². The number of aliphatic hydroxyl groups excluding tert-OH is 2. The van der Waals surface area contributed by atoms with Gasteiger partial charge in [-0.15, -0.1) is 0 Å². The molecule has 42 heteroatoms. The Bertz CT molecular complexity index is 4660. The highest BCUT2D eigenvalue weighted by Crippen LogP contribution is 2.54. The van der Waals surface area contributed by atoms with Crippen LogP contribution in [0.4, 0.5) is 5.82 Å². The standard InChI is InChI=1S/C65H78N9O30P3/c1-36-31-73(64(86)70-59(36)80)56-29-48(50(33-75)100-56)103-107(92,93)99-35-52-49(104-106(90,91)97-23-21-95-19-18-94-20-22-96-105(88,89)98-34-51-47(78)28-55(101-51)72-17-14-53(66)69-63(72)85)30-57(102-52)74-32-38(61(82)71-65(74)87)7-13-54(79)67-15-4-2-3-5-16-68-60(81)37-6-10-45(62(83)84)46(27-37)58-43-11-8-41(76)25-39(43)24-40-26-42(77)9-12-44(40)58/h6-14,17,25-27,31-32,47-52,55-57,75-76,78H,2-5,15-16,18-24,28-30,33-35H2,1H3,(H,67,79)(H,68,81)(H,83,84)(H,88,89)(H,90,91)(H,92,93)(H2,66,69,85)(H,70,80,86)(H,71,82,87)/b13-7+/t47?,48?,49?,50-,51-,52-,55-,56-,57-/m1/s1. The van der Waals surface area contributed by atoms with Gasteiger partial charge in [-0.05, 0) is 114 Å². The van der Waals surface area contributed by atoms with Gasteiger partial charge in [-0.25, -0.2) is 28.3 Å². The Kier molecular flexibility index (Phi) is 27.4. The van der Waals surface area contributed by atoms with Crippen LogP contribution in [0.3, 0.4) is 0 Å². The number of phenols is 1. The first-order valence-corrected chi connectivity index (χ1v) is 37.9. The number of aromatic carboxylic acids is 1. The summed E-state index contributed by atoms with van der Waals surface area (Å²) in [4.78, 5) is 168. The number of phosphoric acid groups is 3. The van der Waals surface area contributed by atoms with E-state index in [0.717, 1.165) is 32.1 Å². The van der Waals surface area contributed by atoms with Crippen LogP contribution in [0.1, 0.15) is 112 Å². The van der Waals surface area contributed by atoms with E-state index in [1.807, 2.05) is 0 Å². The maximum atomic E-state index is 13.6. The lowest BCUT2D eigenvalue weighted by molar-refractivity contribution is -0.251. The minimum atomic E-state index is -5.25. The van der Waals surface area contributed by atoms with Crippen molar-refractivity contribution in [3.63, 3.8) is 0 Å². The summed E-state index contributed by atoms with van der Waals surface area (Å²) >= 11 is 0. The SMILES string of the molecule is Cc1cn([C@H]2CC(O[P+]([O-])(O)OC[C@H]3O[C@@H](n4cc(/C=C/C(=O)NCCCCCCNC(=O)c5ccc(C(=O)O)c(C6=C7C=CC(=O)C=C7Cc7cc(O)ccc76)c5)c(=O)[nH]c4=O)CC3OP(=O)(O)OCCOCCOCCOP(=O)(O)OC[C@H]3O[C@@H](n4ccc(N)nc4=O)CC3O)[C@@H](CO)O2)c(=O)[nH]c1=O. The third-order valence-electron chi connectivity index (χ3n) is 17.3. The van der Waals surface area contributed by atoms with Crippen LogP contribution < -0.4 is 49.4 Å². The lowest BCUT2D eigenvalue weighted by Crippen LogP contribution is -2.34. The first kappa shape index (κ1) is 81.1. The van der Waals surface area contributed by atoms with Crippen molar-refractivity contribution in [2.24, 2.45) is 0 Å². The van der Waals surface area contributed by atoms with Crippen molar-refractivity contribution in [2.75, 3.05) is 78.3 Å². The number of H-pyrrole nitrogens is 2. The Morgan fingerprint density at radius 2 is 1.40 bits per heavy atom. The van der Waals surface area contributed by atoms with Gasteiger partial charge in [0.05, 0.1) is 70.1 Å². The van der Waals surface area contributed by atoms with E-state index < -0.39 is 165 Å². The number of hydrogen-bond acceptors (Lipinski definition) is 29. The maximum Gasteiger partial charge on any atom is 0.472 e. The number of rotatable bonds is 37. The molecular weight excluding hydrogens is 1480 g/mol. The smallest absolute Gasteiger partial charge is 0.472 e. The Labute approximate surface area is 606 Å². The summed E-state index contributed by atoms with van der Waals surface area (Å²) in [6.45, 7) is -2.35. The van der Waals surface area contributed by atoms with E-state index in [4.69, 9.17) is 56.6 Å². The van der Waals surface area contributed by atoms with Gasteiger partial charge in [0.25, 0.3) is 17.0 Å². The molecule has 5 aliphatic rings. The first-order chi connectivity index (χ1) is 50.9. The number of amides is 2. The highest BCUT2D eigenvalue weighted by Gasteiger charge is 2.48. The lowest BCUT2D eigenvalue weighted by atomic mass is 9.76. The number of nitrogens with two attached hydrogens (primary N) is 1. The van der Waals surface area contributed by atoms with Crippen molar-refractivity contribution in [1.29, 1.82) is 0 Å². The van der Waals surface area contributed by atoms with E-state index in [-0.39, 0.29) is 97.5 Å². The molecule has 5 aromatic rings. The van der Waals surface area contributed by atoms with Gasteiger partial charge in [0.2, 0.25) is 5.91 Å². The minimum Gasteiger partial charge on any atom is -0.606 e. The number of aliphatic hydroxyl groups is 2. The Hall–Kier alpha value is -8.47. The minimum absolute atomic E-state index is 0.00754. The van der Waals surface area contributed by atoms with Crippen molar-refractivity contribution in [2.45, 2.75) is 114 Å². The summed E-state index contributed by atoms with van der Waals surface area (Å²) in [7, 11) is -15.1. The number of aryl methyl sites for hydroxylation is 1. The molecule has 0 radical (unpaired) electrons. The zero-order chi connectivity index (χ0) is 76.9. The number of aromatic hydroxyl groups is 1. The number of phenolic OH excluding ortho intramolecular Hbond substituents is 1. The number of fused-ring (bicyclic) bond motifs is 2. The summed E-state index contributed by atoms with van der Waals surface area (Å²) in [6.07, 6.45) is -0.0730. The number of ether oxygens (including phenoxy) is 5. The average molecular weight is 1560 g/mol. The van der Waals surface area contributed by atoms with Gasteiger partial charge < -0.3 is 75.2 Å². The Balaban J connectivity index is 0.688. The van der Waals surface area contributed by atoms with Gasteiger partial charge >= 0.3 is 46.9 Å². The number of nitrogen functional groups attached to an aromatic ring is 1. The highest BCUT2D eigenvalue weighted by molar-refractivity contribution is 7.52. The quantitative estimate of drug-likeness (QED) is 0.0146. The molecule has 2 amide bonds. The summed E-state index contributed by atoms with van der Waals surface area (Å²) in [5, 5.41) is 46.5. The number of aromatic nitrogens is 6. The van der Waals surface area contributed by atoms with Crippen molar-refractivity contribution in [3.8, 4) is 5.75 Å². The molecule has 0 bridgehead atoms. The molecule has 12 atom stereocenters. The van der Waals surface area contributed by atoms with Crippen molar-refractivity contribution < 1.29 is 119 Å². The molecule has 3 saturated heterocycles. The summed E-state index contributed by atoms with van der Waals surface area (Å²) < 4.78 is 88.0. The number of anilines is 1. The molecule has 13 N–H and O–H groups in total. The van der Waals surface area contributed by atoms with E-state index in [1.165, 1.54) is 61.8 Å². The number of carbonyl (C=O) groups is 4. The number of nitrogens with one attached hydrogen (secondary N) is 4. The predicted octanol–water partition coefficient (Wildman–Crippen LogP) is 0.498. The topological polar surface area (TPSA) is 563 Å². The number of carboxylic acids is 1. The summed E-state index contributed by atoms with van der Waals surface area (Å²) in [5.74, 6) is -2.61. The number of carboxylic acid groups (broad SMARTS) is 1. The molecule has 0 spiro atoms. The monoisotopic (exact) mass is 1560 g/mol. The van der Waals surface area contributed by atoms with E-state index in [2.05, 4.69) is 25.6 Å². The van der Waals surface area contributed by atoms with Gasteiger partial charge in [0.15, 0.2) is 5.78 Å². The van der Waals surface area contributed by atoms with E-state index in [9.17, 15) is 92.3 Å². The normalized spacial score (nSPS) is 23.0. The molecule has 3 fully saturated rings. The largest absolute Gasteiger partial charge is 0.606 e. The van der Waals surface area contributed by atoms with Crippen LogP contribution in [0.2, 0.25) is 0 Å². The number of nitrogens with zero attached hydrogens (tertiary/aromatic N) is 4. The zero-order valence-corrected chi connectivity index (χ0v) is 59.7. The van der Waals surface area contributed by atoms with Crippen LogP contribution in [0.15, 0.2) is 120 Å². The van der Waals surface area contributed by atoms with Crippen molar-refractivity contribution in [1.82, 2.24) is 39.3 Å². The third-order valence-corrected chi connectivity index (χ3v) is 20.4. The second-order valence-corrected chi connectivity index (χ2v) is 29.1. The van der Waals surface area contributed by atoms with Crippen molar-refractivity contribution in [3.05, 3.63) is 188 Å². The number of benzene rings is 2. The molecule has 2 aromatic carbocycles. The Morgan fingerprint density at radius 1 is 0.757 bits per heavy atom. The molecule has 3 aromatic heterocycles. The molecule has 0 saturated carbocycles. The van der Waals surface area contributed by atoms with Gasteiger partial charge in [-0.3, -0.25) is 65.7 Å². The van der Waals surface area contributed by atoms with Crippen LogP contribution in [0.5, 0.6) is 5.75 Å². The maximum absolute atomic E-state index is 13.6. The number of ketones is 1. The fourth-order valence-electron chi connectivity index (χ4n) is 12.1. The fourth-order valence-corrected chi connectivity index (χ4v) is 14.7. The molecule has 39 nitrogen and oxygen atoms in total. The second kappa shape index (κ2) is 36.2. The zero-order valence-electron chi connectivity index (χ0n) is 57.0.